The average Bonchev–Trinajstić information content (AvgIpc) is 2.96. The maximum Gasteiger partial charge on any atom is 0.338 e. The number of rotatable bonds is 5. The number of hydrogen-bond donors (Lipinski definition) is 2. The second kappa shape index (κ2) is 6.64. The summed E-state index contributed by atoms with van der Waals surface area (Å²) >= 11 is 0. The monoisotopic (exact) mass is 315 g/mol. The lowest BCUT2D eigenvalue weighted by molar-refractivity contribution is -0.124. The van der Waals surface area contributed by atoms with Crippen molar-refractivity contribution < 1.29 is 14.7 Å². The predicted octanol–water partition coefficient (Wildman–Crippen LogP) is 2.64. The molecule has 0 saturated carbocycles. The summed E-state index contributed by atoms with van der Waals surface area (Å²) in [5.41, 5.74) is 3.42. The predicted molar refractivity (Wildman–Crippen MR) is 86.4 cm³/mol. The second-order valence-electron chi connectivity index (χ2n) is 5.78. The third kappa shape index (κ3) is 3.77. The Hall–Kier alpha value is -2.63. The van der Waals surface area contributed by atoms with Crippen LogP contribution in [0.2, 0.25) is 0 Å². The summed E-state index contributed by atoms with van der Waals surface area (Å²) in [6, 6.07) is 5.38. The van der Waals surface area contributed by atoms with Crippen molar-refractivity contribution in [1.29, 1.82) is 0 Å². The van der Waals surface area contributed by atoms with Crippen molar-refractivity contribution >= 4 is 11.9 Å². The molecule has 23 heavy (non-hydrogen) atoms. The van der Waals surface area contributed by atoms with Gasteiger partial charge < -0.3 is 10.4 Å². The van der Waals surface area contributed by atoms with Gasteiger partial charge in [-0.2, -0.15) is 5.10 Å². The molecule has 0 aliphatic carbocycles. The lowest BCUT2D eigenvalue weighted by Gasteiger charge is -2.20. The van der Waals surface area contributed by atoms with Gasteiger partial charge in [-0.25, -0.2) is 4.79 Å². The van der Waals surface area contributed by atoms with Gasteiger partial charge in [-0.3, -0.25) is 9.48 Å². The molecule has 2 atom stereocenters. The fourth-order valence-electron chi connectivity index (χ4n) is 2.50. The van der Waals surface area contributed by atoms with Crippen LogP contribution in [0.4, 0.5) is 0 Å². The molecule has 6 heteroatoms. The molecule has 0 aliphatic rings. The number of aromatic nitrogens is 2. The molecule has 2 aromatic rings. The minimum Gasteiger partial charge on any atom is -0.478 e. The number of aromatic carboxylic acids is 1. The molecular weight excluding hydrogens is 294 g/mol. The zero-order valence-corrected chi connectivity index (χ0v) is 13.7. The van der Waals surface area contributed by atoms with Crippen LogP contribution in [-0.2, 0) is 4.79 Å². The number of nitrogens with one attached hydrogen (secondary N) is 1. The summed E-state index contributed by atoms with van der Waals surface area (Å²) in [7, 11) is 0. The van der Waals surface area contributed by atoms with Gasteiger partial charge in [0, 0.05) is 6.20 Å². The first-order valence-electron chi connectivity index (χ1n) is 7.44. The van der Waals surface area contributed by atoms with Gasteiger partial charge in [0.15, 0.2) is 0 Å². The van der Waals surface area contributed by atoms with Crippen molar-refractivity contribution in [2.24, 2.45) is 0 Å². The second-order valence-corrected chi connectivity index (χ2v) is 5.78. The van der Waals surface area contributed by atoms with E-state index < -0.39 is 12.0 Å². The van der Waals surface area contributed by atoms with E-state index in [-0.39, 0.29) is 17.5 Å². The molecular formula is C17H21N3O3. The van der Waals surface area contributed by atoms with Gasteiger partial charge in [0.05, 0.1) is 17.8 Å². The van der Waals surface area contributed by atoms with Gasteiger partial charge in [0.25, 0.3) is 0 Å². The minimum absolute atomic E-state index is 0.0621. The van der Waals surface area contributed by atoms with E-state index in [1.54, 1.807) is 6.92 Å². The van der Waals surface area contributed by atoms with Gasteiger partial charge in [0.2, 0.25) is 5.91 Å². The average molecular weight is 315 g/mol. The molecule has 2 N–H and O–H groups in total. The maximum atomic E-state index is 12.4. The number of carboxylic acids is 1. The van der Waals surface area contributed by atoms with Crippen LogP contribution in [0.1, 0.15) is 53.0 Å². The summed E-state index contributed by atoms with van der Waals surface area (Å²) in [6.07, 6.45) is 2.59. The smallest absolute Gasteiger partial charge is 0.338 e. The third-order valence-electron chi connectivity index (χ3n) is 3.88. The standard InChI is InChI=1S/C17H21N3O3/c1-10-5-6-15(11(2)7-10)12(3)19-16(21)13(4)20-9-14(8-18-20)17(22)23/h5-9,12-13H,1-4H3,(H,19,21)(H,22,23). The van der Waals surface area contributed by atoms with Crippen molar-refractivity contribution in [2.75, 3.05) is 0 Å². The van der Waals surface area contributed by atoms with Crippen LogP contribution in [0, 0.1) is 13.8 Å². The van der Waals surface area contributed by atoms with Crippen molar-refractivity contribution in [3.63, 3.8) is 0 Å². The Balaban J connectivity index is 2.09. The molecule has 122 valence electrons. The van der Waals surface area contributed by atoms with Crippen LogP contribution in [0.25, 0.3) is 0 Å². The lowest BCUT2D eigenvalue weighted by Crippen LogP contribution is -2.33. The minimum atomic E-state index is -1.06. The molecule has 1 aromatic carbocycles. The highest BCUT2D eigenvalue weighted by Crippen LogP contribution is 2.19. The van der Waals surface area contributed by atoms with Crippen LogP contribution >= 0.6 is 0 Å². The lowest BCUT2D eigenvalue weighted by atomic mass is 10.00. The number of carbonyl (C=O) groups is 2. The molecule has 2 rings (SSSR count). The first-order chi connectivity index (χ1) is 10.8. The Labute approximate surface area is 135 Å². The van der Waals surface area contributed by atoms with E-state index in [9.17, 15) is 9.59 Å². The highest BCUT2D eigenvalue weighted by atomic mass is 16.4. The largest absolute Gasteiger partial charge is 0.478 e. The quantitative estimate of drug-likeness (QED) is 0.888. The molecule has 0 fully saturated rings. The number of benzene rings is 1. The Kier molecular flexibility index (Phi) is 4.83. The van der Waals surface area contributed by atoms with Crippen molar-refractivity contribution in [2.45, 2.75) is 39.8 Å². The van der Waals surface area contributed by atoms with E-state index in [0.29, 0.717) is 0 Å². The summed E-state index contributed by atoms with van der Waals surface area (Å²) in [6.45, 7) is 7.65. The van der Waals surface area contributed by atoms with Gasteiger partial charge in [-0.1, -0.05) is 23.8 Å². The summed E-state index contributed by atoms with van der Waals surface area (Å²) < 4.78 is 1.35. The van der Waals surface area contributed by atoms with Crippen molar-refractivity contribution in [3.8, 4) is 0 Å². The van der Waals surface area contributed by atoms with E-state index in [1.165, 1.54) is 22.6 Å². The normalized spacial score (nSPS) is 13.4. The molecule has 0 saturated heterocycles. The van der Waals surface area contributed by atoms with E-state index in [1.807, 2.05) is 32.9 Å². The van der Waals surface area contributed by atoms with Crippen LogP contribution < -0.4 is 5.32 Å². The van der Waals surface area contributed by atoms with E-state index in [2.05, 4.69) is 16.5 Å². The highest BCUT2D eigenvalue weighted by Gasteiger charge is 2.20. The first kappa shape index (κ1) is 16.7. The van der Waals surface area contributed by atoms with Crippen LogP contribution in [0.15, 0.2) is 30.6 Å². The van der Waals surface area contributed by atoms with Gasteiger partial charge in [-0.05, 0) is 38.8 Å². The van der Waals surface area contributed by atoms with Crippen molar-refractivity contribution in [1.82, 2.24) is 15.1 Å². The van der Waals surface area contributed by atoms with Crippen LogP contribution in [0.5, 0.6) is 0 Å². The van der Waals surface area contributed by atoms with Crippen LogP contribution in [-0.4, -0.2) is 26.8 Å². The summed E-state index contributed by atoms with van der Waals surface area (Å²) in [5, 5.41) is 15.8. The van der Waals surface area contributed by atoms with E-state index >= 15 is 0 Å². The zero-order valence-electron chi connectivity index (χ0n) is 13.7. The SMILES string of the molecule is Cc1ccc(C(C)NC(=O)C(C)n2cc(C(=O)O)cn2)c(C)c1. The Morgan fingerprint density at radius 2 is 1.96 bits per heavy atom. The summed E-state index contributed by atoms with van der Waals surface area (Å²) in [4.78, 5) is 23.2. The number of nitrogens with zero attached hydrogens (tertiary/aromatic N) is 2. The van der Waals surface area contributed by atoms with Crippen molar-refractivity contribution in [3.05, 3.63) is 52.8 Å². The zero-order chi connectivity index (χ0) is 17.1. The molecule has 0 bridgehead atoms. The Bertz CT molecular complexity index is 736. The topological polar surface area (TPSA) is 84.2 Å². The maximum absolute atomic E-state index is 12.4. The number of carboxylic acid groups (broad SMARTS) is 1. The Morgan fingerprint density at radius 3 is 2.52 bits per heavy atom. The number of amides is 1. The van der Waals surface area contributed by atoms with E-state index in [4.69, 9.17) is 5.11 Å². The van der Waals surface area contributed by atoms with Gasteiger partial charge in [0.1, 0.15) is 6.04 Å². The number of aryl methyl sites for hydroxylation is 2. The summed E-state index contributed by atoms with van der Waals surface area (Å²) in [5.74, 6) is -1.27. The van der Waals surface area contributed by atoms with Crippen LogP contribution in [0.3, 0.4) is 0 Å². The fourth-order valence-corrected chi connectivity index (χ4v) is 2.50. The molecule has 6 nitrogen and oxygen atoms in total. The van der Waals surface area contributed by atoms with Gasteiger partial charge >= 0.3 is 5.97 Å². The van der Waals surface area contributed by atoms with Gasteiger partial charge in [-0.15, -0.1) is 0 Å². The number of hydrogen-bond acceptors (Lipinski definition) is 3. The molecule has 1 aromatic heterocycles. The third-order valence-corrected chi connectivity index (χ3v) is 3.88. The molecule has 1 amide bonds. The molecule has 0 radical (unpaired) electrons. The molecule has 0 aliphatic heterocycles. The molecule has 1 heterocycles. The Morgan fingerprint density at radius 1 is 1.26 bits per heavy atom. The highest BCUT2D eigenvalue weighted by molar-refractivity contribution is 5.87. The molecule has 0 spiro atoms. The number of carbonyl (C=O) groups excluding carboxylic acids is 1. The fraction of sp³-hybridized carbons (Fsp3) is 0.353. The van der Waals surface area contributed by atoms with E-state index in [0.717, 1.165) is 11.1 Å². The first-order valence-corrected chi connectivity index (χ1v) is 7.44. The molecule has 2 unspecified atom stereocenters.